The lowest BCUT2D eigenvalue weighted by molar-refractivity contribution is 0.102. The van der Waals surface area contributed by atoms with Crippen molar-refractivity contribution in [1.29, 1.82) is 0 Å². The molecular weight excluding hydrogens is 306 g/mol. The van der Waals surface area contributed by atoms with E-state index < -0.39 is 11.7 Å². The van der Waals surface area contributed by atoms with Crippen LogP contribution in [0.3, 0.4) is 0 Å². The molecule has 104 valence electrons. The van der Waals surface area contributed by atoms with E-state index in [0.717, 1.165) is 0 Å². The first kappa shape index (κ1) is 14.7. The maximum atomic E-state index is 12.4. The number of thioether (sulfide) groups is 1. The third-order valence-corrected chi connectivity index (χ3v) is 3.33. The van der Waals surface area contributed by atoms with E-state index in [0.29, 0.717) is 22.5 Å². The fourth-order valence-electron chi connectivity index (χ4n) is 1.48. The maximum Gasteiger partial charge on any atom is 0.288 e. The number of hydrogen-bond acceptors (Lipinski definition) is 3. The minimum absolute atomic E-state index is 0.120. The van der Waals surface area contributed by atoms with Crippen molar-refractivity contribution >= 4 is 35.0 Å². The number of amides is 1. The molecule has 3 nitrogen and oxygen atoms in total. The van der Waals surface area contributed by atoms with Crippen molar-refractivity contribution in [2.75, 3.05) is 5.32 Å². The van der Waals surface area contributed by atoms with Gasteiger partial charge in [-0.25, -0.2) is 0 Å². The lowest BCUT2D eigenvalue weighted by Crippen LogP contribution is -2.14. The number of halogens is 3. The average molecular weight is 315 g/mol. The summed E-state index contributed by atoms with van der Waals surface area (Å²) in [6.45, 7) is 0. The van der Waals surface area contributed by atoms with Crippen LogP contribution in [0.15, 0.2) is 47.5 Å². The molecule has 0 unspecified atom stereocenters. The monoisotopic (exact) mass is 314 g/mol. The highest BCUT2D eigenvalue weighted by molar-refractivity contribution is 7.99. The van der Waals surface area contributed by atoms with Crippen LogP contribution in [0.25, 0.3) is 0 Å². The van der Waals surface area contributed by atoms with Crippen molar-refractivity contribution < 1.29 is 13.6 Å². The number of alkyl halides is 2. The van der Waals surface area contributed by atoms with Gasteiger partial charge in [0.1, 0.15) is 5.69 Å². The number of nitrogens with one attached hydrogen (secondary N) is 1. The Morgan fingerprint density at radius 1 is 1.30 bits per heavy atom. The number of rotatable bonds is 4. The van der Waals surface area contributed by atoms with E-state index in [-0.39, 0.29) is 10.6 Å². The number of pyridine rings is 1. The normalized spacial score (nSPS) is 10.6. The molecule has 1 N–H and O–H groups in total. The lowest BCUT2D eigenvalue weighted by Gasteiger charge is -2.10. The van der Waals surface area contributed by atoms with Crippen molar-refractivity contribution in [2.45, 2.75) is 10.7 Å². The van der Waals surface area contributed by atoms with Crippen LogP contribution < -0.4 is 5.32 Å². The molecule has 0 bridgehead atoms. The molecule has 0 saturated carbocycles. The van der Waals surface area contributed by atoms with E-state index in [1.807, 2.05) is 0 Å². The molecule has 2 rings (SSSR count). The van der Waals surface area contributed by atoms with E-state index in [4.69, 9.17) is 11.6 Å². The van der Waals surface area contributed by atoms with Crippen molar-refractivity contribution in [3.8, 4) is 0 Å². The highest BCUT2D eigenvalue weighted by Crippen LogP contribution is 2.31. The van der Waals surface area contributed by atoms with Crippen LogP contribution in [0, 0.1) is 0 Å². The van der Waals surface area contributed by atoms with Crippen molar-refractivity contribution in [3.63, 3.8) is 0 Å². The SMILES string of the molecule is O=C(Nc1ccccc1SC(F)F)c1cc(Cl)ccn1. The van der Waals surface area contributed by atoms with Crippen molar-refractivity contribution in [1.82, 2.24) is 4.98 Å². The predicted octanol–water partition coefficient (Wildman–Crippen LogP) is 4.30. The molecule has 1 aromatic carbocycles. The standard InChI is InChI=1S/C13H9ClF2N2OS/c14-8-5-6-17-10(7-8)12(19)18-9-3-1-2-4-11(9)20-13(15)16/h1-7,13H,(H,18,19). The van der Waals surface area contributed by atoms with Gasteiger partial charge in [-0.05, 0) is 24.3 Å². The van der Waals surface area contributed by atoms with Crippen molar-refractivity contribution in [2.24, 2.45) is 0 Å². The number of para-hydroxylation sites is 1. The van der Waals surface area contributed by atoms with Gasteiger partial charge in [-0.2, -0.15) is 8.78 Å². The number of carbonyl (C=O) groups excluding carboxylic acids is 1. The summed E-state index contributed by atoms with van der Waals surface area (Å²) < 4.78 is 24.9. The predicted molar refractivity (Wildman–Crippen MR) is 75.5 cm³/mol. The first-order valence-electron chi connectivity index (χ1n) is 5.53. The van der Waals surface area contributed by atoms with Crippen LogP contribution in [-0.2, 0) is 0 Å². The summed E-state index contributed by atoms with van der Waals surface area (Å²) in [6.07, 6.45) is 1.40. The largest absolute Gasteiger partial charge is 0.320 e. The summed E-state index contributed by atoms with van der Waals surface area (Å²) in [5.41, 5.74) is 0.430. The molecule has 7 heteroatoms. The summed E-state index contributed by atoms with van der Waals surface area (Å²) in [6, 6.07) is 9.28. The molecular formula is C13H9ClF2N2OS. The molecule has 0 aliphatic carbocycles. The van der Waals surface area contributed by atoms with Gasteiger partial charge in [0.05, 0.1) is 5.69 Å². The Balaban J connectivity index is 2.19. The number of anilines is 1. The van der Waals surface area contributed by atoms with Gasteiger partial charge in [-0.1, -0.05) is 35.5 Å². The third-order valence-electron chi connectivity index (χ3n) is 2.31. The molecule has 0 fully saturated rings. The molecule has 0 saturated heterocycles. The molecule has 20 heavy (non-hydrogen) atoms. The van der Waals surface area contributed by atoms with Crippen LogP contribution in [0.1, 0.15) is 10.5 Å². The van der Waals surface area contributed by atoms with E-state index in [1.165, 1.54) is 18.3 Å². The first-order valence-corrected chi connectivity index (χ1v) is 6.79. The molecule has 0 aliphatic heterocycles. The van der Waals surface area contributed by atoms with E-state index in [2.05, 4.69) is 10.3 Å². The number of benzene rings is 1. The summed E-state index contributed by atoms with van der Waals surface area (Å²) >= 11 is 6.14. The Bertz CT molecular complexity index is 625. The van der Waals surface area contributed by atoms with Crippen LogP contribution in [0.2, 0.25) is 5.02 Å². The average Bonchev–Trinajstić information content (AvgIpc) is 2.40. The smallest absolute Gasteiger partial charge is 0.288 e. The minimum atomic E-state index is -2.56. The van der Waals surface area contributed by atoms with Crippen LogP contribution in [-0.4, -0.2) is 16.6 Å². The Morgan fingerprint density at radius 3 is 2.75 bits per heavy atom. The van der Waals surface area contributed by atoms with Gasteiger partial charge in [-0.3, -0.25) is 9.78 Å². The fraction of sp³-hybridized carbons (Fsp3) is 0.0769. The second kappa shape index (κ2) is 6.67. The van der Waals surface area contributed by atoms with Gasteiger partial charge in [0.15, 0.2) is 0 Å². The van der Waals surface area contributed by atoms with Crippen LogP contribution >= 0.6 is 23.4 Å². The molecule has 1 heterocycles. The van der Waals surface area contributed by atoms with Gasteiger partial charge < -0.3 is 5.32 Å². The number of carbonyl (C=O) groups is 1. The summed E-state index contributed by atoms with van der Waals surface area (Å²) in [5.74, 6) is -3.06. The van der Waals surface area contributed by atoms with E-state index in [9.17, 15) is 13.6 Å². The zero-order valence-electron chi connectivity index (χ0n) is 10.0. The second-order valence-corrected chi connectivity index (χ2v) is 5.16. The molecule has 0 atom stereocenters. The Kier molecular flexibility index (Phi) is 4.92. The molecule has 0 radical (unpaired) electrons. The number of hydrogen-bond donors (Lipinski definition) is 1. The third kappa shape index (κ3) is 3.91. The summed E-state index contributed by atoms with van der Waals surface area (Å²) in [5, 5.41) is 2.92. The Morgan fingerprint density at radius 2 is 2.05 bits per heavy atom. The summed E-state index contributed by atoms with van der Waals surface area (Å²) in [7, 11) is 0. The lowest BCUT2D eigenvalue weighted by atomic mass is 10.3. The Hall–Kier alpha value is -1.66. The van der Waals surface area contributed by atoms with Gasteiger partial charge in [0.25, 0.3) is 11.7 Å². The zero-order chi connectivity index (χ0) is 14.5. The first-order chi connectivity index (χ1) is 9.56. The van der Waals surface area contributed by atoms with E-state index >= 15 is 0 Å². The quantitative estimate of drug-likeness (QED) is 0.855. The molecule has 0 spiro atoms. The van der Waals surface area contributed by atoms with Gasteiger partial charge >= 0.3 is 0 Å². The highest BCUT2D eigenvalue weighted by atomic mass is 35.5. The highest BCUT2D eigenvalue weighted by Gasteiger charge is 2.13. The van der Waals surface area contributed by atoms with Gasteiger partial charge in [-0.15, -0.1) is 0 Å². The Labute approximate surface area is 123 Å². The molecule has 0 aliphatic rings. The molecule has 2 aromatic rings. The van der Waals surface area contributed by atoms with Gasteiger partial charge in [0, 0.05) is 16.1 Å². The topological polar surface area (TPSA) is 42.0 Å². The van der Waals surface area contributed by atoms with Crippen molar-refractivity contribution in [3.05, 3.63) is 53.3 Å². The zero-order valence-corrected chi connectivity index (χ0v) is 11.6. The van der Waals surface area contributed by atoms with Gasteiger partial charge in [0.2, 0.25) is 0 Å². The minimum Gasteiger partial charge on any atom is -0.320 e. The molecule has 1 aromatic heterocycles. The second-order valence-electron chi connectivity index (χ2n) is 3.69. The number of nitrogens with zero attached hydrogens (tertiary/aromatic N) is 1. The summed E-state index contributed by atoms with van der Waals surface area (Å²) in [4.78, 5) is 16.1. The van der Waals surface area contributed by atoms with E-state index in [1.54, 1.807) is 24.3 Å². The fourth-order valence-corrected chi connectivity index (χ4v) is 2.24. The maximum absolute atomic E-state index is 12.4. The van der Waals surface area contributed by atoms with Crippen LogP contribution in [0.4, 0.5) is 14.5 Å². The number of aromatic nitrogens is 1. The van der Waals surface area contributed by atoms with Crippen LogP contribution in [0.5, 0.6) is 0 Å². The molecule has 1 amide bonds.